The number of hydrogen-bond donors (Lipinski definition) is 1. The first-order valence-electron chi connectivity index (χ1n) is 7.31. The summed E-state index contributed by atoms with van der Waals surface area (Å²) in [6.07, 6.45) is 3.50. The van der Waals surface area contributed by atoms with E-state index in [4.69, 9.17) is 16.3 Å². The molecule has 3 unspecified atom stereocenters. The van der Waals surface area contributed by atoms with Crippen LogP contribution in [0.3, 0.4) is 0 Å². The molecule has 0 amide bonds. The van der Waals surface area contributed by atoms with Gasteiger partial charge in [0, 0.05) is 17.4 Å². The van der Waals surface area contributed by atoms with Crippen LogP contribution in [0, 0.1) is 5.92 Å². The molecular formula is C16H21ClO2S. The normalized spacial score (nSPS) is 31.6. The first-order valence-corrected chi connectivity index (χ1v) is 8.84. The van der Waals surface area contributed by atoms with E-state index in [9.17, 15) is 5.11 Å². The lowest BCUT2D eigenvalue weighted by Crippen LogP contribution is -2.43. The van der Waals surface area contributed by atoms with E-state index in [-0.39, 0.29) is 11.7 Å². The van der Waals surface area contributed by atoms with Gasteiger partial charge in [-0.25, -0.2) is 0 Å². The number of halogens is 1. The van der Waals surface area contributed by atoms with Gasteiger partial charge in [-0.3, -0.25) is 0 Å². The second-order valence-corrected chi connectivity index (χ2v) is 7.53. The lowest BCUT2D eigenvalue weighted by Gasteiger charge is -2.39. The number of aliphatic hydroxyl groups is 1. The predicted molar refractivity (Wildman–Crippen MR) is 84.5 cm³/mol. The van der Waals surface area contributed by atoms with Crippen LogP contribution in [0.1, 0.15) is 24.8 Å². The topological polar surface area (TPSA) is 29.5 Å². The van der Waals surface area contributed by atoms with Crippen molar-refractivity contribution in [1.29, 1.82) is 0 Å². The number of ether oxygens (including phenoxy) is 1. The molecule has 110 valence electrons. The molecule has 1 aromatic carbocycles. The van der Waals surface area contributed by atoms with Crippen molar-refractivity contribution in [3.63, 3.8) is 0 Å². The SMILES string of the molecule is OC(Cc1cccc(Cl)c1)C1CCOC2(CCSC2)C1. The summed E-state index contributed by atoms with van der Waals surface area (Å²) in [4.78, 5) is 0. The average molecular weight is 313 g/mol. The van der Waals surface area contributed by atoms with Crippen molar-refractivity contribution in [1.82, 2.24) is 0 Å². The third-order valence-corrected chi connectivity index (χ3v) is 5.93. The zero-order valence-electron chi connectivity index (χ0n) is 11.6. The molecular weight excluding hydrogens is 292 g/mol. The average Bonchev–Trinajstić information content (AvgIpc) is 2.87. The van der Waals surface area contributed by atoms with Crippen LogP contribution >= 0.6 is 23.4 Å². The van der Waals surface area contributed by atoms with Crippen molar-refractivity contribution in [2.24, 2.45) is 5.92 Å². The van der Waals surface area contributed by atoms with Gasteiger partial charge in [0.1, 0.15) is 0 Å². The van der Waals surface area contributed by atoms with E-state index in [0.29, 0.717) is 12.3 Å². The van der Waals surface area contributed by atoms with E-state index >= 15 is 0 Å². The molecule has 20 heavy (non-hydrogen) atoms. The van der Waals surface area contributed by atoms with Crippen molar-refractivity contribution < 1.29 is 9.84 Å². The highest BCUT2D eigenvalue weighted by atomic mass is 35.5. The number of aliphatic hydroxyl groups excluding tert-OH is 1. The molecule has 3 atom stereocenters. The Hall–Kier alpha value is -0.220. The van der Waals surface area contributed by atoms with E-state index < -0.39 is 0 Å². The highest BCUT2D eigenvalue weighted by Gasteiger charge is 2.42. The van der Waals surface area contributed by atoms with Crippen LogP contribution in [0.25, 0.3) is 0 Å². The minimum absolute atomic E-state index is 0.0445. The highest BCUT2D eigenvalue weighted by Crippen LogP contribution is 2.41. The Balaban J connectivity index is 1.63. The predicted octanol–water partition coefficient (Wildman–Crippen LogP) is 3.55. The van der Waals surface area contributed by atoms with Gasteiger partial charge in [-0.1, -0.05) is 23.7 Å². The fraction of sp³-hybridized carbons (Fsp3) is 0.625. The minimum Gasteiger partial charge on any atom is -0.392 e. The van der Waals surface area contributed by atoms with Gasteiger partial charge in [-0.05, 0) is 55.1 Å². The quantitative estimate of drug-likeness (QED) is 0.925. The lowest BCUT2D eigenvalue weighted by atomic mass is 9.81. The largest absolute Gasteiger partial charge is 0.392 e. The number of rotatable bonds is 3. The van der Waals surface area contributed by atoms with Crippen LogP contribution < -0.4 is 0 Å². The Labute approximate surface area is 129 Å². The maximum atomic E-state index is 10.6. The van der Waals surface area contributed by atoms with E-state index in [2.05, 4.69) is 0 Å². The van der Waals surface area contributed by atoms with Gasteiger partial charge in [0.25, 0.3) is 0 Å². The van der Waals surface area contributed by atoms with Crippen LogP contribution in [0.15, 0.2) is 24.3 Å². The molecule has 2 heterocycles. The summed E-state index contributed by atoms with van der Waals surface area (Å²) in [7, 11) is 0. The Morgan fingerprint density at radius 3 is 3.15 bits per heavy atom. The number of thioether (sulfide) groups is 1. The molecule has 1 spiro atoms. The summed E-state index contributed by atoms with van der Waals surface area (Å²) >= 11 is 7.98. The van der Waals surface area contributed by atoms with E-state index in [0.717, 1.165) is 42.2 Å². The third kappa shape index (κ3) is 3.33. The summed E-state index contributed by atoms with van der Waals surface area (Å²) in [6, 6.07) is 7.81. The van der Waals surface area contributed by atoms with Gasteiger partial charge in [-0.15, -0.1) is 0 Å². The fourth-order valence-electron chi connectivity index (χ4n) is 3.33. The van der Waals surface area contributed by atoms with Crippen molar-refractivity contribution in [2.75, 3.05) is 18.1 Å². The molecule has 2 aliphatic rings. The molecule has 0 aromatic heterocycles. The first-order chi connectivity index (χ1) is 9.67. The zero-order valence-corrected chi connectivity index (χ0v) is 13.1. The summed E-state index contributed by atoms with van der Waals surface area (Å²) < 4.78 is 6.02. The third-order valence-electron chi connectivity index (χ3n) is 4.48. The Kier molecular flexibility index (Phi) is 4.61. The molecule has 0 aliphatic carbocycles. The van der Waals surface area contributed by atoms with E-state index in [1.807, 2.05) is 36.0 Å². The van der Waals surface area contributed by atoms with Gasteiger partial charge >= 0.3 is 0 Å². The van der Waals surface area contributed by atoms with Gasteiger partial charge in [0.15, 0.2) is 0 Å². The van der Waals surface area contributed by atoms with Crippen molar-refractivity contribution in [3.05, 3.63) is 34.9 Å². The van der Waals surface area contributed by atoms with E-state index in [1.165, 1.54) is 5.75 Å². The molecule has 4 heteroatoms. The molecule has 0 saturated carbocycles. The van der Waals surface area contributed by atoms with E-state index in [1.54, 1.807) is 0 Å². The van der Waals surface area contributed by atoms with Crippen molar-refractivity contribution in [3.8, 4) is 0 Å². The van der Waals surface area contributed by atoms with Crippen LogP contribution in [0.4, 0.5) is 0 Å². The molecule has 2 aliphatic heterocycles. The lowest BCUT2D eigenvalue weighted by molar-refractivity contribution is -0.101. The summed E-state index contributed by atoms with van der Waals surface area (Å²) in [5.41, 5.74) is 1.16. The Morgan fingerprint density at radius 1 is 1.50 bits per heavy atom. The smallest absolute Gasteiger partial charge is 0.0783 e. The summed E-state index contributed by atoms with van der Waals surface area (Å²) in [6.45, 7) is 0.790. The van der Waals surface area contributed by atoms with Gasteiger partial charge in [0.2, 0.25) is 0 Å². The monoisotopic (exact) mass is 312 g/mol. The molecule has 2 saturated heterocycles. The molecule has 0 bridgehead atoms. The maximum Gasteiger partial charge on any atom is 0.0783 e. The number of benzene rings is 1. The number of hydrogen-bond acceptors (Lipinski definition) is 3. The van der Waals surface area contributed by atoms with Crippen molar-refractivity contribution in [2.45, 2.75) is 37.4 Å². The summed E-state index contributed by atoms with van der Waals surface area (Å²) in [5, 5.41) is 11.3. The Bertz CT molecular complexity index is 460. The van der Waals surface area contributed by atoms with Crippen molar-refractivity contribution >= 4 is 23.4 Å². The summed E-state index contributed by atoms with van der Waals surface area (Å²) in [5.74, 6) is 2.63. The second kappa shape index (κ2) is 6.27. The zero-order chi connectivity index (χ0) is 14.0. The highest BCUT2D eigenvalue weighted by molar-refractivity contribution is 7.99. The van der Waals surface area contributed by atoms with Crippen LogP contribution in [-0.4, -0.2) is 34.9 Å². The molecule has 2 fully saturated rings. The van der Waals surface area contributed by atoms with Crippen LogP contribution in [-0.2, 0) is 11.2 Å². The van der Waals surface area contributed by atoms with Crippen LogP contribution in [0.5, 0.6) is 0 Å². The standard InChI is InChI=1S/C16H21ClO2S/c17-14-3-1-2-12(8-14)9-15(18)13-4-6-19-16(10-13)5-7-20-11-16/h1-3,8,13,15,18H,4-7,9-11H2. The van der Waals surface area contributed by atoms with Crippen LogP contribution in [0.2, 0.25) is 5.02 Å². The second-order valence-electron chi connectivity index (χ2n) is 5.99. The molecule has 1 N–H and O–H groups in total. The minimum atomic E-state index is -0.292. The molecule has 1 aromatic rings. The molecule has 0 radical (unpaired) electrons. The van der Waals surface area contributed by atoms with Gasteiger partial charge in [-0.2, -0.15) is 11.8 Å². The molecule has 2 nitrogen and oxygen atoms in total. The van der Waals surface area contributed by atoms with Gasteiger partial charge < -0.3 is 9.84 Å². The molecule has 3 rings (SSSR count). The Morgan fingerprint density at radius 2 is 2.40 bits per heavy atom. The fourth-order valence-corrected chi connectivity index (χ4v) is 4.92. The maximum absolute atomic E-state index is 10.6. The first kappa shape index (κ1) is 14.7. The van der Waals surface area contributed by atoms with Gasteiger partial charge in [0.05, 0.1) is 11.7 Å².